The molecular weight excluding hydrogens is 402 g/mol. The van der Waals surface area contributed by atoms with Gasteiger partial charge in [0, 0.05) is 18.6 Å². The van der Waals surface area contributed by atoms with Crippen LogP contribution < -0.4 is 0 Å². The van der Waals surface area contributed by atoms with E-state index < -0.39 is 0 Å². The van der Waals surface area contributed by atoms with Gasteiger partial charge in [-0.1, -0.05) is 98.3 Å². The third-order valence-electron chi connectivity index (χ3n) is 7.05. The first-order chi connectivity index (χ1) is 11.5. The molecule has 0 bridgehead atoms. The van der Waals surface area contributed by atoms with Crippen molar-refractivity contribution in [1.82, 2.24) is 0 Å². The summed E-state index contributed by atoms with van der Waals surface area (Å²) in [7, 11) is 0. The molecule has 0 atom stereocenters. The maximum atomic E-state index is 3.25. The van der Waals surface area contributed by atoms with Crippen LogP contribution in [0.5, 0.6) is 0 Å². The summed E-state index contributed by atoms with van der Waals surface area (Å²) >= 11 is 0. The van der Waals surface area contributed by atoms with Gasteiger partial charge < -0.3 is 18.8 Å². The quantitative estimate of drug-likeness (QED) is 0.352. The van der Waals surface area contributed by atoms with E-state index in [0.29, 0.717) is 10.8 Å². The fourth-order valence-corrected chi connectivity index (χ4v) is 3.71. The number of unbranched alkanes of at least 4 members (excludes halogenated alkanes) is 2. The fourth-order valence-electron chi connectivity index (χ4n) is 3.71. The van der Waals surface area contributed by atoms with Crippen LogP contribution in [0.3, 0.4) is 0 Å². The van der Waals surface area contributed by atoms with Crippen LogP contribution in [0.25, 0.3) is 0 Å². The summed E-state index contributed by atoms with van der Waals surface area (Å²) in [6.45, 7) is 28.4. The molecule has 1 aliphatic carbocycles. The van der Waals surface area contributed by atoms with Gasteiger partial charge in [0.25, 0.3) is 0 Å². The summed E-state index contributed by atoms with van der Waals surface area (Å²) in [4.78, 5) is 0. The van der Waals surface area contributed by atoms with Crippen LogP contribution >= 0.6 is 0 Å². The summed E-state index contributed by atoms with van der Waals surface area (Å²) in [5.74, 6) is 4.99. The maximum Gasteiger partial charge on any atom is 2.00 e. The van der Waals surface area contributed by atoms with Gasteiger partial charge in [-0.2, -0.15) is 45.4 Å². The van der Waals surface area contributed by atoms with E-state index in [0.717, 1.165) is 11.8 Å². The van der Waals surface area contributed by atoms with Gasteiger partial charge in [0.15, 0.2) is 0 Å². The van der Waals surface area contributed by atoms with Crippen molar-refractivity contribution in [2.45, 2.75) is 121 Å². The van der Waals surface area contributed by atoms with Gasteiger partial charge in [0.1, 0.15) is 0 Å². The number of hydrogen-bond donors (Lipinski definition) is 0. The van der Waals surface area contributed by atoms with Crippen molar-refractivity contribution < 1.29 is 37.1 Å². The molecule has 1 fully saturated rings. The Bertz CT molecular complexity index is 267. The average Bonchev–Trinajstić information content (AvgIpc) is 2.57. The summed E-state index contributed by atoms with van der Waals surface area (Å²) in [5, 5.41) is 0. The Hall–Kier alpha value is 1.17. The Morgan fingerprint density at radius 1 is 0.704 bits per heavy atom. The Kier molecular flexibility index (Phi) is 23.7. The molecule has 2 heteroatoms. The summed E-state index contributed by atoms with van der Waals surface area (Å²) in [5.41, 5.74) is 0.861. The van der Waals surface area contributed by atoms with Crippen LogP contribution in [0.4, 0.5) is 0 Å². The summed E-state index contributed by atoms with van der Waals surface area (Å²) in [6.07, 6.45) is 9.74. The van der Waals surface area contributed by atoms with Gasteiger partial charge in [-0.25, -0.2) is 0 Å². The fraction of sp³-hybridized carbons (Fsp3) is 0.880. The van der Waals surface area contributed by atoms with E-state index in [-0.39, 0.29) is 37.1 Å². The molecule has 0 nitrogen and oxygen atoms in total. The second kappa shape index (κ2) is 18.0. The van der Waals surface area contributed by atoms with E-state index in [1.807, 2.05) is 0 Å². The van der Waals surface area contributed by atoms with Crippen molar-refractivity contribution in [3.05, 3.63) is 18.8 Å². The predicted octanol–water partition coefficient (Wildman–Crippen LogP) is 9.11. The van der Waals surface area contributed by atoms with Gasteiger partial charge >= 0.3 is 18.6 Å². The largest absolute Gasteiger partial charge is 2.00 e. The minimum atomic E-state index is 0. The van der Waals surface area contributed by atoms with E-state index in [1.54, 1.807) is 18.8 Å². The van der Waals surface area contributed by atoms with Crippen molar-refractivity contribution in [1.29, 1.82) is 0 Å². The van der Waals surface area contributed by atoms with Crippen LogP contribution in [-0.4, -0.2) is 0 Å². The van der Waals surface area contributed by atoms with Gasteiger partial charge in [0.05, 0.1) is 0 Å². The van der Waals surface area contributed by atoms with Crippen LogP contribution in [0.2, 0.25) is 0 Å². The van der Waals surface area contributed by atoms with Gasteiger partial charge in [-0.05, 0) is 0 Å². The van der Waals surface area contributed by atoms with Crippen molar-refractivity contribution in [2.75, 3.05) is 0 Å². The van der Waals surface area contributed by atoms with Gasteiger partial charge in [0.2, 0.25) is 0 Å². The van der Waals surface area contributed by atoms with Gasteiger partial charge in [-0.3, -0.25) is 0 Å². The zero-order chi connectivity index (χ0) is 20.3. The molecule has 0 aliphatic heterocycles. The molecule has 0 heterocycles. The maximum absolute atomic E-state index is 3.25. The second-order valence-corrected chi connectivity index (χ2v) is 9.35. The molecule has 1 saturated carbocycles. The van der Waals surface area contributed by atoms with Gasteiger partial charge in [-0.15, -0.1) is 0 Å². The van der Waals surface area contributed by atoms with Crippen LogP contribution in [0, 0.1) is 41.4 Å². The minimum absolute atomic E-state index is 0. The minimum Gasteiger partial charge on any atom is -0.346 e. The second-order valence-electron chi connectivity index (χ2n) is 9.35. The Morgan fingerprint density at radius 3 is 1.04 bits per heavy atom. The molecule has 0 aromatic rings. The Morgan fingerprint density at radius 2 is 0.926 bits per heavy atom. The molecule has 0 amide bonds. The Balaban J connectivity index is -0.000000256. The normalized spacial score (nSPS) is 19.8. The first-order valence-corrected chi connectivity index (χ1v) is 10.8. The molecule has 2 radical (unpaired) electrons. The van der Waals surface area contributed by atoms with Crippen molar-refractivity contribution in [3.63, 3.8) is 0 Å². The van der Waals surface area contributed by atoms with Crippen LogP contribution in [0.15, 0.2) is 0 Å². The zero-order valence-electron chi connectivity index (χ0n) is 20.7. The zero-order valence-corrected chi connectivity index (χ0v) is 23.5. The first kappa shape index (κ1) is 35.6. The Labute approximate surface area is 199 Å². The standard InChI is InChI=1S/C18H34.C5H12.C2H5.2V/c1-13(2)17(5,6)15-9-11-16(12-10-15)18(7,8)14(3)4;1-3-5-4-2;1-2;;/h15-16H,9-12H2,1-8H3;3-5H2,1-2H3;1H2,2H3;;/q-2;;-1;;+2. The molecule has 0 N–H and O–H groups in total. The molecule has 0 unspecified atom stereocenters. The smallest absolute Gasteiger partial charge is 0.346 e. The summed E-state index contributed by atoms with van der Waals surface area (Å²) in [6, 6.07) is 0. The molecule has 0 aromatic carbocycles. The monoisotopic (exact) mass is 453 g/mol. The molecule has 27 heavy (non-hydrogen) atoms. The molecule has 0 saturated heterocycles. The molecule has 0 spiro atoms. The molecule has 1 aliphatic rings. The third-order valence-corrected chi connectivity index (χ3v) is 7.05. The predicted molar refractivity (Wildman–Crippen MR) is 118 cm³/mol. The van der Waals surface area contributed by atoms with Crippen LogP contribution in [-0.2, 0) is 37.1 Å². The first-order valence-electron chi connectivity index (χ1n) is 10.8. The molecule has 1 rings (SSSR count). The number of rotatable bonds is 6. The van der Waals surface area contributed by atoms with E-state index in [2.05, 4.69) is 76.2 Å². The SMILES string of the molecule is CCCCC.C[C-](C)C(C)(C)C1CCC(C(C)(C)[C-](C)C)CC1.[CH2-]C.[V+2].[V]. The molecule has 162 valence electrons. The number of hydrogen-bond acceptors (Lipinski definition) is 0. The average molecular weight is 454 g/mol. The van der Waals surface area contributed by atoms with E-state index in [4.69, 9.17) is 0 Å². The van der Waals surface area contributed by atoms with Crippen LogP contribution in [0.1, 0.15) is 121 Å². The van der Waals surface area contributed by atoms with Crippen molar-refractivity contribution >= 4 is 0 Å². The molecular formula is C25H51V2-. The van der Waals surface area contributed by atoms with Crippen molar-refractivity contribution in [2.24, 2.45) is 22.7 Å². The summed E-state index contributed by atoms with van der Waals surface area (Å²) < 4.78 is 0. The van der Waals surface area contributed by atoms with E-state index >= 15 is 0 Å². The van der Waals surface area contributed by atoms with Crippen molar-refractivity contribution in [3.8, 4) is 0 Å². The topological polar surface area (TPSA) is 0 Å². The molecule has 0 aromatic heterocycles. The van der Waals surface area contributed by atoms with E-state index in [9.17, 15) is 0 Å². The third kappa shape index (κ3) is 12.5. The van der Waals surface area contributed by atoms with E-state index in [1.165, 1.54) is 44.9 Å².